The van der Waals surface area contributed by atoms with Gasteiger partial charge in [0.05, 0.1) is 12.2 Å². The molecular formula is C20H18O6. The molecule has 0 atom stereocenters. The van der Waals surface area contributed by atoms with Gasteiger partial charge in [0.1, 0.15) is 17.9 Å². The van der Waals surface area contributed by atoms with Gasteiger partial charge in [-0.15, -0.1) is 0 Å². The summed E-state index contributed by atoms with van der Waals surface area (Å²) in [7, 11) is 1.58. The molecule has 3 aromatic rings. The lowest BCUT2D eigenvalue weighted by Crippen LogP contribution is -2.08. The van der Waals surface area contributed by atoms with Crippen LogP contribution in [0.2, 0.25) is 0 Å². The molecule has 26 heavy (non-hydrogen) atoms. The maximum absolute atomic E-state index is 12.3. The standard InChI is InChI=1S/C20H18O6/c1-12-17(21)7-6-16-15(9-18(22)26-19(12)16)11-25-20(23)14-5-3-4-13(8-14)10-24-2/h3-9,21H,10-11H2,1-2H3. The Morgan fingerprint density at radius 2 is 1.96 bits per heavy atom. The fourth-order valence-electron chi connectivity index (χ4n) is 2.72. The molecule has 0 amide bonds. The Morgan fingerprint density at radius 3 is 2.73 bits per heavy atom. The number of phenols is 1. The minimum atomic E-state index is -0.570. The number of ether oxygens (including phenoxy) is 2. The number of esters is 1. The van der Waals surface area contributed by atoms with Gasteiger partial charge in [-0.3, -0.25) is 0 Å². The summed E-state index contributed by atoms with van der Waals surface area (Å²) in [4.78, 5) is 24.1. The lowest BCUT2D eigenvalue weighted by Gasteiger charge is -2.10. The molecular weight excluding hydrogens is 336 g/mol. The zero-order valence-electron chi connectivity index (χ0n) is 14.4. The number of aryl methyl sites for hydroxylation is 1. The van der Waals surface area contributed by atoms with Gasteiger partial charge in [0, 0.05) is 29.7 Å². The molecule has 6 nitrogen and oxygen atoms in total. The van der Waals surface area contributed by atoms with Crippen LogP contribution >= 0.6 is 0 Å². The van der Waals surface area contributed by atoms with Crippen molar-refractivity contribution in [1.29, 1.82) is 0 Å². The van der Waals surface area contributed by atoms with E-state index >= 15 is 0 Å². The fourth-order valence-corrected chi connectivity index (χ4v) is 2.72. The molecule has 1 heterocycles. The van der Waals surface area contributed by atoms with Gasteiger partial charge in [0.25, 0.3) is 0 Å². The highest BCUT2D eigenvalue weighted by Crippen LogP contribution is 2.27. The first-order valence-electron chi connectivity index (χ1n) is 8.00. The summed E-state index contributed by atoms with van der Waals surface area (Å²) in [6.07, 6.45) is 0. The van der Waals surface area contributed by atoms with E-state index in [0.717, 1.165) is 5.56 Å². The third kappa shape index (κ3) is 3.60. The molecule has 0 bridgehead atoms. The van der Waals surface area contributed by atoms with Crippen molar-refractivity contribution in [2.45, 2.75) is 20.1 Å². The minimum Gasteiger partial charge on any atom is -0.508 e. The summed E-state index contributed by atoms with van der Waals surface area (Å²) >= 11 is 0. The average molecular weight is 354 g/mol. The highest BCUT2D eigenvalue weighted by atomic mass is 16.5. The van der Waals surface area contributed by atoms with Crippen molar-refractivity contribution < 1.29 is 23.8 Å². The lowest BCUT2D eigenvalue weighted by molar-refractivity contribution is 0.0473. The van der Waals surface area contributed by atoms with Crippen LogP contribution in [-0.4, -0.2) is 18.2 Å². The zero-order valence-corrected chi connectivity index (χ0v) is 14.4. The van der Waals surface area contributed by atoms with Crippen molar-refractivity contribution in [2.75, 3.05) is 7.11 Å². The quantitative estimate of drug-likeness (QED) is 0.559. The summed E-state index contributed by atoms with van der Waals surface area (Å²) in [6.45, 7) is 1.96. The number of fused-ring (bicyclic) bond motifs is 1. The molecule has 0 aliphatic rings. The van der Waals surface area contributed by atoms with Crippen molar-refractivity contribution in [1.82, 2.24) is 0 Å². The molecule has 134 valence electrons. The van der Waals surface area contributed by atoms with Crippen LogP contribution in [0.1, 0.15) is 27.0 Å². The van der Waals surface area contributed by atoms with Crippen LogP contribution in [0, 0.1) is 6.92 Å². The highest BCUT2D eigenvalue weighted by molar-refractivity contribution is 5.90. The Bertz CT molecular complexity index is 1020. The van der Waals surface area contributed by atoms with Crippen molar-refractivity contribution >= 4 is 16.9 Å². The maximum Gasteiger partial charge on any atom is 0.338 e. The Labute approximate surface area is 149 Å². The van der Waals surface area contributed by atoms with E-state index in [4.69, 9.17) is 13.9 Å². The van der Waals surface area contributed by atoms with Crippen LogP contribution in [0.25, 0.3) is 11.0 Å². The van der Waals surface area contributed by atoms with E-state index in [1.54, 1.807) is 38.3 Å². The Balaban J connectivity index is 1.86. The predicted molar refractivity (Wildman–Crippen MR) is 95.2 cm³/mol. The van der Waals surface area contributed by atoms with Crippen LogP contribution in [0.4, 0.5) is 0 Å². The molecule has 0 saturated heterocycles. The number of aromatic hydroxyl groups is 1. The molecule has 0 saturated carbocycles. The van der Waals surface area contributed by atoms with Gasteiger partial charge in [0.15, 0.2) is 0 Å². The SMILES string of the molecule is COCc1cccc(C(=O)OCc2cc(=O)oc3c(C)c(O)ccc23)c1. The van der Waals surface area contributed by atoms with Gasteiger partial charge in [-0.2, -0.15) is 0 Å². The number of methoxy groups -OCH3 is 1. The number of carbonyl (C=O) groups is 1. The van der Waals surface area contributed by atoms with Crippen LogP contribution in [-0.2, 0) is 22.7 Å². The molecule has 0 aliphatic heterocycles. The van der Waals surface area contributed by atoms with E-state index in [0.29, 0.717) is 28.7 Å². The largest absolute Gasteiger partial charge is 0.508 e. The smallest absolute Gasteiger partial charge is 0.338 e. The number of phenolic OH excluding ortho intramolecular Hbond substituents is 1. The summed E-state index contributed by atoms with van der Waals surface area (Å²) in [5.41, 5.74) is 1.95. The first-order chi connectivity index (χ1) is 12.5. The van der Waals surface area contributed by atoms with Gasteiger partial charge in [-0.25, -0.2) is 9.59 Å². The minimum absolute atomic E-state index is 0.0322. The van der Waals surface area contributed by atoms with Gasteiger partial charge in [-0.05, 0) is 36.8 Å². The lowest BCUT2D eigenvalue weighted by atomic mass is 10.1. The van der Waals surface area contributed by atoms with Gasteiger partial charge >= 0.3 is 11.6 Å². The van der Waals surface area contributed by atoms with E-state index < -0.39 is 11.6 Å². The van der Waals surface area contributed by atoms with Crippen LogP contribution in [0.3, 0.4) is 0 Å². The number of hydrogen-bond donors (Lipinski definition) is 1. The van der Waals surface area contributed by atoms with Crippen LogP contribution < -0.4 is 5.63 Å². The Kier molecular flexibility index (Phi) is 5.04. The third-order valence-electron chi connectivity index (χ3n) is 4.05. The number of hydrogen-bond acceptors (Lipinski definition) is 6. The molecule has 0 aliphatic carbocycles. The second-order valence-corrected chi connectivity index (χ2v) is 5.89. The van der Waals surface area contributed by atoms with E-state index in [9.17, 15) is 14.7 Å². The zero-order chi connectivity index (χ0) is 18.7. The van der Waals surface area contributed by atoms with Gasteiger partial charge in [0.2, 0.25) is 0 Å². The second-order valence-electron chi connectivity index (χ2n) is 5.89. The van der Waals surface area contributed by atoms with Crippen molar-refractivity contribution in [2.24, 2.45) is 0 Å². The molecule has 1 N–H and O–H groups in total. The molecule has 2 aromatic carbocycles. The predicted octanol–water partition coefficient (Wildman–Crippen LogP) is 3.31. The van der Waals surface area contributed by atoms with E-state index in [2.05, 4.69) is 0 Å². The third-order valence-corrected chi connectivity index (χ3v) is 4.05. The average Bonchev–Trinajstić information content (AvgIpc) is 2.63. The van der Waals surface area contributed by atoms with Crippen LogP contribution in [0.5, 0.6) is 5.75 Å². The molecule has 0 radical (unpaired) electrons. The summed E-state index contributed by atoms with van der Waals surface area (Å²) < 4.78 is 15.6. The molecule has 1 aromatic heterocycles. The normalized spacial score (nSPS) is 10.8. The summed E-state index contributed by atoms with van der Waals surface area (Å²) in [5, 5.41) is 10.4. The van der Waals surface area contributed by atoms with Gasteiger partial charge < -0.3 is 19.0 Å². The topological polar surface area (TPSA) is 86.0 Å². The van der Waals surface area contributed by atoms with E-state index in [-0.39, 0.29) is 17.9 Å². The number of rotatable bonds is 5. The first kappa shape index (κ1) is 17.7. The number of carbonyl (C=O) groups excluding carboxylic acids is 1. The summed E-state index contributed by atoms with van der Waals surface area (Å²) in [5.74, 6) is -0.468. The second kappa shape index (κ2) is 7.41. The highest BCUT2D eigenvalue weighted by Gasteiger charge is 2.13. The maximum atomic E-state index is 12.3. The van der Waals surface area contributed by atoms with Crippen LogP contribution in [0.15, 0.2) is 51.7 Å². The Morgan fingerprint density at radius 1 is 1.15 bits per heavy atom. The van der Waals surface area contributed by atoms with Crippen molar-refractivity contribution in [3.8, 4) is 5.75 Å². The van der Waals surface area contributed by atoms with E-state index in [1.165, 1.54) is 12.1 Å². The van der Waals surface area contributed by atoms with Crippen molar-refractivity contribution in [3.05, 3.63) is 75.1 Å². The molecule has 6 heteroatoms. The number of benzene rings is 2. The first-order valence-corrected chi connectivity index (χ1v) is 8.00. The molecule has 0 unspecified atom stereocenters. The summed E-state index contributed by atoms with van der Waals surface area (Å²) in [6, 6.07) is 11.4. The molecule has 0 fully saturated rings. The van der Waals surface area contributed by atoms with E-state index in [1.807, 2.05) is 6.07 Å². The molecule has 3 rings (SSSR count). The van der Waals surface area contributed by atoms with Crippen molar-refractivity contribution in [3.63, 3.8) is 0 Å². The fraction of sp³-hybridized carbons (Fsp3) is 0.200. The Hall–Kier alpha value is -3.12. The van der Waals surface area contributed by atoms with Gasteiger partial charge in [-0.1, -0.05) is 12.1 Å². The monoisotopic (exact) mass is 354 g/mol. The molecule has 0 spiro atoms.